The summed E-state index contributed by atoms with van der Waals surface area (Å²) in [6.45, 7) is 0.705. The van der Waals surface area contributed by atoms with E-state index in [1.165, 1.54) is 18.6 Å². The van der Waals surface area contributed by atoms with Crippen LogP contribution in [0.5, 0.6) is 0 Å². The van der Waals surface area contributed by atoms with Crippen molar-refractivity contribution >= 4 is 5.91 Å². The van der Waals surface area contributed by atoms with Crippen LogP contribution in [-0.2, 0) is 11.2 Å². The summed E-state index contributed by atoms with van der Waals surface area (Å²) in [5.74, 6) is -0.261. The second-order valence-corrected chi connectivity index (χ2v) is 6.12. The Hall–Kier alpha value is -1.42. The SMILES string of the molecule is O=C(CCc1ccc(F)cc1)NCC1(CO)CCCCC1. The average Bonchev–Trinajstić information content (AvgIpc) is 2.53. The smallest absolute Gasteiger partial charge is 0.220 e. The number of nitrogens with one attached hydrogen (secondary N) is 1. The maximum Gasteiger partial charge on any atom is 0.220 e. The van der Waals surface area contributed by atoms with Crippen molar-refractivity contribution in [3.8, 4) is 0 Å². The third kappa shape index (κ3) is 4.81. The molecule has 0 atom stereocenters. The maximum absolute atomic E-state index is 12.8. The minimum absolute atomic E-state index is 0.00211. The van der Waals surface area contributed by atoms with Crippen molar-refractivity contribution in [3.05, 3.63) is 35.6 Å². The first-order valence-electron chi connectivity index (χ1n) is 7.76. The molecule has 0 aromatic heterocycles. The fourth-order valence-electron chi connectivity index (χ4n) is 2.98. The molecule has 0 spiro atoms. The Kier molecular flexibility index (Phi) is 5.74. The highest BCUT2D eigenvalue weighted by atomic mass is 19.1. The van der Waals surface area contributed by atoms with Gasteiger partial charge in [0.25, 0.3) is 0 Å². The van der Waals surface area contributed by atoms with E-state index in [1.54, 1.807) is 12.1 Å². The monoisotopic (exact) mass is 293 g/mol. The zero-order valence-corrected chi connectivity index (χ0v) is 12.4. The Morgan fingerprint density at radius 3 is 2.48 bits per heavy atom. The number of aryl methyl sites for hydroxylation is 1. The van der Waals surface area contributed by atoms with Gasteiger partial charge in [0.1, 0.15) is 5.82 Å². The molecule has 2 rings (SSSR count). The van der Waals surface area contributed by atoms with Crippen LogP contribution in [0.25, 0.3) is 0 Å². The first-order chi connectivity index (χ1) is 10.1. The molecule has 1 aromatic rings. The number of amides is 1. The summed E-state index contributed by atoms with van der Waals surface area (Å²) in [5.41, 5.74) is 0.838. The van der Waals surface area contributed by atoms with Crippen LogP contribution < -0.4 is 5.32 Å². The second kappa shape index (κ2) is 7.55. The first kappa shape index (κ1) is 16.0. The van der Waals surface area contributed by atoms with Gasteiger partial charge in [-0.05, 0) is 37.0 Å². The average molecular weight is 293 g/mol. The van der Waals surface area contributed by atoms with Crippen molar-refractivity contribution in [2.45, 2.75) is 44.9 Å². The first-order valence-corrected chi connectivity index (χ1v) is 7.76. The Balaban J connectivity index is 1.75. The van der Waals surface area contributed by atoms with Crippen LogP contribution in [0.3, 0.4) is 0 Å². The van der Waals surface area contributed by atoms with Gasteiger partial charge in [-0.3, -0.25) is 4.79 Å². The van der Waals surface area contributed by atoms with Gasteiger partial charge in [-0.2, -0.15) is 0 Å². The van der Waals surface area contributed by atoms with Crippen LogP contribution in [0, 0.1) is 11.2 Å². The van der Waals surface area contributed by atoms with Crippen LogP contribution in [-0.4, -0.2) is 24.2 Å². The van der Waals surface area contributed by atoms with Crippen molar-refractivity contribution in [1.82, 2.24) is 5.32 Å². The number of halogens is 1. The minimum Gasteiger partial charge on any atom is -0.396 e. The number of aliphatic hydroxyl groups excluding tert-OH is 1. The summed E-state index contributed by atoms with van der Waals surface area (Å²) in [4.78, 5) is 11.9. The summed E-state index contributed by atoms with van der Waals surface area (Å²) in [5, 5.41) is 12.6. The molecule has 21 heavy (non-hydrogen) atoms. The van der Waals surface area contributed by atoms with Gasteiger partial charge in [0.05, 0.1) is 6.61 Å². The van der Waals surface area contributed by atoms with Crippen LogP contribution in [0.15, 0.2) is 24.3 Å². The van der Waals surface area contributed by atoms with E-state index in [0.29, 0.717) is 19.4 Å². The van der Waals surface area contributed by atoms with Crippen LogP contribution in [0.1, 0.15) is 44.1 Å². The quantitative estimate of drug-likeness (QED) is 0.847. The second-order valence-electron chi connectivity index (χ2n) is 6.12. The highest BCUT2D eigenvalue weighted by Crippen LogP contribution is 2.35. The lowest BCUT2D eigenvalue weighted by Gasteiger charge is -2.35. The zero-order chi connectivity index (χ0) is 15.1. The standard InChI is InChI=1S/C17H24FNO2/c18-15-7-4-14(5-8-15)6-9-16(21)19-12-17(13-20)10-2-1-3-11-17/h4-5,7-8,20H,1-3,6,9-13H2,(H,19,21). The molecule has 1 fully saturated rings. The molecule has 1 aliphatic carbocycles. The van der Waals surface area contributed by atoms with E-state index in [1.807, 2.05) is 0 Å². The van der Waals surface area contributed by atoms with Gasteiger partial charge in [-0.25, -0.2) is 4.39 Å². The molecule has 4 heteroatoms. The molecule has 116 valence electrons. The molecule has 0 unspecified atom stereocenters. The predicted molar refractivity (Wildman–Crippen MR) is 80.3 cm³/mol. The van der Waals surface area contributed by atoms with Gasteiger partial charge >= 0.3 is 0 Å². The van der Waals surface area contributed by atoms with E-state index in [4.69, 9.17) is 0 Å². The topological polar surface area (TPSA) is 49.3 Å². The van der Waals surface area contributed by atoms with Crippen LogP contribution >= 0.6 is 0 Å². The summed E-state index contributed by atoms with van der Waals surface area (Å²) in [7, 11) is 0. The molecule has 1 aliphatic rings. The van der Waals surface area contributed by atoms with E-state index in [0.717, 1.165) is 31.2 Å². The molecule has 0 aliphatic heterocycles. The van der Waals surface area contributed by atoms with E-state index in [-0.39, 0.29) is 23.7 Å². The number of aliphatic hydroxyl groups is 1. The summed E-state index contributed by atoms with van der Waals surface area (Å²) in [6, 6.07) is 6.24. The number of benzene rings is 1. The van der Waals surface area contributed by atoms with Gasteiger partial charge in [-0.15, -0.1) is 0 Å². The van der Waals surface area contributed by atoms with Gasteiger partial charge in [0.2, 0.25) is 5.91 Å². The third-order valence-electron chi connectivity index (χ3n) is 4.46. The Labute approximate surface area is 125 Å². The van der Waals surface area contributed by atoms with Crippen molar-refractivity contribution in [2.75, 3.05) is 13.2 Å². The molecule has 2 N–H and O–H groups in total. The number of hydrogen-bond acceptors (Lipinski definition) is 2. The van der Waals surface area contributed by atoms with E-state index < -0.39 is 0 Å². The highest BCUT2D eigenvalue weighted by Gasteiger charge is 2.31. The third-order valence-corrected chi connectivity index (χ3v) is 4.46. The van der Waals surface area contributed by atoms with Crippen molar-refractivity contribution in [3.63, 3.8) is 0 Å². The number of carbonyl (C=O) groups excluding carboxylic acids is 1. The highest BCUT2D eigenvalue weighted by molar-refractivity contribution is 5.76. The van der Waals surface area contributed by atoms with Crippen molar-refractivity contribution in [1.29, 1.82) is 0 Å². The molecule has 0 saturated heterocycles. The number of rotatable bonds is 6. The molecular weight excluding hydrogens is 269 g/mol. The lowest BCUT2D eigenvalue weighted by molar-refractivity contribution is -0.121. The van der Waals surface area contributed by atoms with E-state index >= 15 is 0 Å². The van der Waals surface area contributed by atoms with Gasteiger partial charge in [0, 0.05) is 18.4 Å². The van der Waals surface area contributed by atoms with Crippen molar-refractivity contribution < 1.29 is 14.3 Å². The Morgan fingerprint density at radius 1 is 1.19 bits per heavy atom. The minimum atomic E-state index is -0.259. The fourth-order valence-corrected chi connectivity index (χ4v) is 2.98. The molecule has 1 amide bonds. The Morgan fingerprint density at radius 2 is 1.86 bits per heavy atom. The molecule has 1 saturated carbocycles. The molecule has 1 aromatic carbocycles. The maximum atomic E-state index is 12.8. The summed E-state index contributed by atoms with van der Waals surface area (Å²) in [6.07, 6.45) is 6.47. The lowest BCUT2D eigenvalue weighted by atomic mass is 9.74. The molecule has 0 bridgehead atoms. The number of carbonyl (C=O) groups is 1. The predicted octanol–water partition coefficient (Wildman–Crippen LogP) is 2.82. The van der Waals surface area contributed by atoms with Crippen LogP contribution in [0.4, 0.5) is 4.39 Å². The van der Waals surface area contributed by atoms with Crippen molar-refractivity contribution in [2.24, 2.45) is 5.41 Å². The van der Waals surface area contributed by atoms with E-state index in [2.05, 4.69) is 5.32 Å². The Bertz CT molecular complexity index is 452. The number of hydrogen-bond donors (Lipinski definition) is 2. The van der Waals surface area contributed by atoms with Gasteiger partial charge in [0.15, 0.2) is 0 Å². The zero-order valence-electron chi connectivity index (χ0n) is 12.4. The van der Waals surface area contributed by atoms with Gasteiger partial charge < -0.3 is 10.4 Å². The lowest BCUT2D eigenvalue weighted by Crippen LogP contribution is -2.41. The molecule has 0 heterocycles. The molecular formula is C17H24FNO2. The molecule has 0 radical (unpaired) electrons. The van der Waals surface area contributed by atoms with Gasteiger partial charge in [-0.1, -0.05) is 31.4 Å². The van der Waals surface area contributed by atoms with Crippen LogP contribution in [0.2, 0.25) is 0 Å². The normalized spacial score (nSPS) is 17.4. The summed E-state index contributed by atoms with van der Waals surface area (Å²) < 4.78 is 12.8. The largest absolute Gasteiger partial charge is 0.396 e. The van der Waals surface area contributed by atoms with E-state index in [9.17, 15) is 14.3 Å². The molecule has 3 nitrogen and oxygen atoms in total. The fraction of sp³-hybridized carbons (Fsp3) is 0.588. The summed E-state index contributed by atoms with van der Waals surface area (Å²) >= 11 is 0.